The van der Waals surface area contributed by atoms with E-state index < -0.39 is 5.97 Å². The summed E-state index contributed by atoms with van der Waals surface area (Å²) in [6.07, 6.45) is 1.76. The first-order valence-electron chi connectivity index (χ1n) is 18.5. The van der Waals surface area contributed by atoms with E-state index in [2.05, 4.69) is 25.4 Å². The average Bonchev–Trinajstić information content (AvgIpc) is 3.25. The second-order valence-corrected chi connectivity index (χ2v) is 12.9. The lowest BCUT2D eigenvalue weighted by Gasteiger charge is -2.14. The Morgan fingerprint density at radius 1 is 0.579 bits per heavy atom. The zero-order valence-electron chi connectivity index (χ0n) is 33.0. The van der Waals surface area contributed by atoms with Crippen molar-refractivity contribution in [2.24, 2.45) is 5.73 Å². The van der Waals surface area contributed by atoms with Crippen molar-refractivity contribution in [2.45, 2.75) is 51.6 Å². The van der Waals surface area contributed by atoms with E-state index in [1.165, 1.54) is 26.4 Å². The molecule has 0 saturated carbocycles. The molecule has 13 nitrogen and oxygen atoms in total. The fourth-order valence-corrected chi connectivity index (χ4v) is 4.82. The smallest absolute Gasteiger partial charge is 0.335 e. The van der Waals surface area contributed by atoms with Gasteiger partial charge in [0, 0.05) is 54.7 Å². The molecule has 0 aliphatic rings. The molecule has 2 atom stereocenters. The number of hydrogen-bond acceptors (Lipinski definition) is 11. The minimum absolute atomic E-state index is 0.0151. The molecule has 0 saturated heterocycles. The van der Waals surface area contributed by atoms with Crippen LogP contribution in [-0.2, 0) is 31.9 Å². The van der Waals surface area contributed by atoms with E-state index >= 15 is 0 Å². The van der Waals surface area contributed by atoms with Crippen LogP contribution in [0.15, 0.2) is 109 Å². The molecule has 0 radical (unpaired) electrons. The number of carboxylic acids is 1. The fourth-order valence-electron chi connectivity index (χ4n) is 4.82. The highest BCUT2D eigenvalue weighted by Gasteiger charge is 2.11. The molecule has 1 amide bonds. The standard InChI is InChI=1S/C22H26N2O4.C11H16N2O.C11H12O4/c1-16(23-15-20(25)18-6-4-3-5-7-18)14-24-22(27)19-11-8-17(9-12-19)10-13-21(26)28-2;1-9(7-12)13-8-11(14)10-5-3-2-4-6-10;1-15-10(12)7-4-8-2-5-9(6-3-8)11(13)14/h3-9,11-12,16,23H,10,13-15H2,1-2H3,(H,24,27);2-6,9,13H,7-8,12H2,1H3;2-3,5-6H,4,7H2,1H3,(H,13,14). The summed E-state index contributed by atoms with van der Waals surface area (Å²) in [6, 6.07) is 32.1. The number of esters is 2. The van der Waals surface area contributed by atoms with Crippen molar-refractivity contribution in [1.29, 1.82) is 0 Å². The Balaban J connectivity index is 0.000000325. The number of rotatable bonds is 19. The van der Waals surface area contributed by atoms with Crippen LogP contribution in [0, 0.1) is 0 Å². The van der Waals surface area contributed by atoms with Gasteiger partial charge in [-0.25, -0.2) is 4.79 Å². The molecule has 13 heteroatoms. The number of ether oxygens (including phenoxy) is 2. The van der Waals surface area contributed by atoms with E-state index in [9.17, 15) is 28.8 Å². The Labute approximate surface area is 334 Å². The highest BCUT2D eigenvalue weighted by atomic mass is 16.5. The molecule has 4 aromatic carbocycles. The second kappa shape index (κ2) is 26.7. The molecule has 0 spiro atoms. The Morgan fingerprint density at radius 3 is 1.37 bits per heavy atom. The number of carbonyl (C=O) groups excluding carboxylic acids is 5. The number of benzene rings is 4. The van der Waals surface area contributed by atoms with Crippen LogP contribution in [0.25, 0.3) is 0 Å². The Morgan fingerprint density at radius 2 is 0.982 bits per heavy atom. The van der Waals surface area contributed by atoms with Gasteiger partial charge in [0.1, 0.15) is 0 Å². The van der Waals surface area contributed by atoms with Crippen molar-refractivity contribution in [1.82, 2.24) is 16.0 Å². The van der Waals surface area contributed by atoms with Gasteiger partial charge in [-0.05, 0) is 62.1 Å². The molecule has 0 aliphatic heterocycles. The van der Waals surface area contributed by atoms with Crippen LogP contribution in [0.5, 0.6) is 0 Å². The van der Waals surface area contributed by atoms with Crippen molar-refractivity contribution < 1.29 is 43.3 Å². The molecular formula is C44H54N4O9. The average molecular weight is 783 g/mol. The third kappa shape index (κ3) is 19.4. The molecule has 0 aromatic heterocycles. The molecule has 6 N–H and O–H groups in total. The molecule has 2 unspecified atom stereocenters. The van der Waals surface area contributed by atoms with Gasteiger partial charge in [0.2, 0.25) is 0 Å². The van der Waals surface area contributed by atoms with Crippen LogP contribution in [0.3, 0.4) is 0 Å². The number of aryl methyl sites for hydroxylation is 2. The number of ketones is 2. The summed E-state index contributed by atoms with van der Waals surface area (Å²) in [5, 5.41) is 17.7. The van der Waals surface area contributed by atoms with Gasteiger partial charge in [-0.2, -0.15) is 0 Å². The van der Waals surface area contributed by atoms with Gasteiger partial charge in [-0.15, -0.1) is 0 Å². The molecule has 0 fully saturated rings. The first-order chi connectivity index (χ1) is 27.4. The molecule has 0 heterocycles. The lowest BCUT2D eigenvalue weighted by atomic mass is 10.1. The van der Waals surface area contributed by atoms with Crippen LogP contribution in [0.1, 0.15) is 79.2 Å². The number of amides is 1. The van der Waals surface area contributed by atoms with Crippen LogP contribution in [0.4, 0.5) is 0 Å². The normalized spacial score (nSPS) is 11.2. The van der Waals surface area contributed by atoms with Gasteiger partial charge >= 0.3 is 17.9 Å². The topological polar surface area (TPSA) is 203 Å². The molecule has 4 rings (SSSR count). The van der Waals surface area contributed by atoms with Crippen molar-refractivity contribution in [3.05, 3.63) is 143 Å². The molecule has 57 heavy (non-hydrogen) atoms. The van der Waals surface area contributed by atoms with E-state index in [4.69, 9.17) is 10.8 Å². The number of carbonyl (C=O) groups is 6. The van der Waals surface area contributed by atoms with Crippen LogP contribution in [0.2, 0.25) is 0 Å². The lowest BCUT2D eigenvalue weighted by molar-refractivity contribution is -0.141. The highest BCUT2D eigenvalue weighted by molar-refractivity contribution is 5.98. The van der Waals surface area contributed by atoms with E-state index in [0.29, 0.717) is 56.4 Å². The van der Waals surface area contributed by atoms with Crippen LogP contribution in [-0.4, -0.2) is 93.0 Å². The van der Waals surface area contributed by atoms with Gasteiger partial charge < -0.3 is 36.3 Å². The Bertz CT molecular complexity index is 1840. The predicted octanol–water partition coefficient (Wildman–Crippen LogP) is 4.68. The van der Waals surface area contributed by atoms with Gasteiger partial charge in [0.25, 0.3) is 5.91 Å². The summed E-state index contributed by atoms with van der Waals surface area (Å²) in [6.45, 7) is 5.39. The van der Waals surface area contributed by atoms with E-state index in [1.807, 2.05) is 74.5 Å². The van der Waals surface area contributed by atoms with Crippen LogP contribution >= 0.6 is 0 Å². The maximum Gasteiger partial charge on any atom is 0.335 e. The summed E-state index contributed by atoms with van der Waals surface area (Å²) in [4.78, 5) is 68.5. The fraction of sp³-hybridized carbons (Fsp3) is 0.318. The molecule has 0 aliphatic carbocycles. The number of methoxy groups -OCH3 is 2. The van der Waals surface area contributed by atoms with Gasteiger partial charge in [-0.1, -0.05) is 84.9 Å². The number of hydrogen-bond donors (Lipinski definition) is 5. The first kappa shape index (κ1) is 47.1. The third-order valence-electron chi connectivity index (χ3n) is 8.44. The van der Waals surface area contributed by atoms with Crippen molar-refractivity contribution in [3.8, 4) is 0 Å². The quantitative estimate of drug-likeness (QED) is 0.0651. The summed E-state index contributed by atoms with van der Waals surface area (Å²) in [5.74, 6) is -1.53. The number of aromatic carboxylic acids is 1. The second-order valence-electron chi connectivity index (χ2n) is 12.9. The molecule has 304 valence electrons. The van der Waals surface area contributed by atoms with Gasteiger partial charge in [0.15, 0.2) is 11.6 Å². The maximum absolute atomic E-state index is 12.3. The zero-order chi connectivity index (χ0) is 42.0. The first-order valence-corrected chi connectivity index (χ1v) is 18.5. The predicted molar refractivity (Wildman–Crippen MR) is 218 cm³/mol. The van der Waals surface area contributed by atoms with Crippen LogP contribution < -0.4 is 21.7 Å². The Hall–Kier alpha value is -6.02. The minimum Gasteiger partial charge on any atom is -0.478 e. The zero-order valence-corrected chi connectivity index (χ0v) is 33.0. The van der Waals surface area contributed by atoms with E-state index in [1.54, 1.807) is 36.4 Å². The molecule has 0 bridgehead atoms. The summed E-state index contributed by atoms with van der Waals surface area (Å²) in [5.41, 5.74) is 9.52. The molecular weight excluding hydrogens is 729 g/mol. The highest BCUT2D eigenvalue weighted by Crippen LogP contribution is 2.09. The largest absolute Gasteiger partial charge is 0.478 e. The van der Waals surface area contributed by atoms with Crippen molar-refractivity contribution >= 4 is 35.4 Å². The van der Waals surface area contributed by atoms with Gasteiger partial charge in [-0.3, -0.25) is 24.0 Å². The van der Waals surface area contributed by atoms with Crippen molar-refractivity contribution in [3.63, 3.8) is 0 Å². The summed E-state index contributed by atoms with van der Waals surface area (Å²) >= 11 is 0. The van der Waals surface area contributed by atoms with E-state index in [0.717, 1.165) is 16.7 Å². The summed E-state index contributed by atoms with van der Waals surface area (Å²) in [7, 11) is 2.71. The maximum atomic E-state index is 12.3. The Kier molecular flexibility index (Phi) is 22.1. The third-order valence-corrected chi connectivity index (χ3v) is 8.44. The number of Topliss-reactive ketones (excluding diaryl/α,β-unsaturated/α-hetero) is 2. The molecule has 4 aromatic rings. The minimum atomic E-state index is -0.950. The number of carboxylic acid groups (broad SMARTS) is 1. The number of nitrogens with two attached hydrogens (primary N) is 1. The van der Waals surface area contributed by atoms with Crippen molar-refractivity contribution in [2.75, 3.05) is 40.4 Å². The van der Waals surface area contributed by atoms with E-state index in [-0.39, 0.29) is 53.6 Å². The lowest BCUT2D eigenvalue weighted by Crippen LogP contribution is -2.41. The van der Waals surface area contributed by atoms with Gasteiger partial charge in [0.05, 0.1) is 32.9 Å². The monoisotopic (exact) mass is 782 g/mol. The number of nitrogens with one attached hydrogen (secondary N) is 3. The summed E-state index contributed by atoms with van der Waals surface area (Å²) < 4.78 is 9.12. The SMILES string of the molecule is CC(CN)NCC(=O)c1ccccc1.COC(=O)CCc1ccc(C(=O)NCC(C)NCC(=O)c2ccccc2)cc1.COC(=O)CCc1ccc(C(=O)O)cc1.